The van der Waals surface area contributed by atoms with Crippen molar-refractivity contribution in [2.24, 2.45) is 5.73 Å². The summed E-state index contributed by atoms with van der Waals surface area (Å²) < 4.78 is 12.5. The molecule has 0 spiro atoms. The van der Waals surface area contributed by atoms with Crippen LogP contribution < -0.4 is 10.6 Å². The first kappa shape index (κ1) is 24.8. The standard InChI is InChI=1S/C25H36N4O4/c1-18-23(25(26)31)24(19-6-8-20(9-7-19)27(2)3)21(10-11-22(30)32-4)29(18)13-5-12-28-14-16-33-17-15-28/h6-9H,5,10-17H2,1-4H3,(H2,26,31). The highest BCUT2D eigenvalue weighted by Crippen LogP contribution is 2.35. The number of rotatable bonds is 10. The Morgan fingerprint density at radius 3 is 2.36 bits per heavy atom. The molecule has 0 unspecified atom stereocenters. The van der Waals surface area contributed by atoms with E-state index in [1.54, 1.807) is 0 Å². The second kappa shape index (κ2) is 11.3. The smallest absolute Gasteiger partial charge is 0.305 e. The first-order valence-corrected chi connectivity index (χ1v) is 11.5. The number of nitrogens with zero attached hydrogens (tertiary/aromatic N) is 3. The number of carbonyl (C=O) groups is 2. The Kier molecular flexibility index (Phi) is 8.52. The molecule has 1 aliphatic rings. The molecule has 2 N–H and O–H groups in total. The molecule has 8 nitrogen and oxygen atoms in total. The quantitative estimate of drug-likeness (QED) is 0.553. The Morgan fingerprint density at radius 1 is 1.12 bits per heavy atom. The lowest BCUT2D eigenvalue weighted by atomic mass is 9.97. The zero-order valence-electron chi connectivity index (χ0n) is 20.2. The molecule has 1 aromatic heterocycles. The van der Waals surface area contributed by atoms with Gasteiger partial charge in [-0.1, -0.05) is 12.1 Å². The van der Waals surface area contributed by atoms with Gasteiger partial charge in [0, 0.05) is 62.9 Å². The first-order valence-electron chi connectivity index (χ1n) is 11.5. The Labute approximate surface area is 196 Å². The second-order valence-electron chi connectivity index (χ2n) is 8.62. The summed E-state index contributed by atoms with van der Waals surface area (Å²) in [5, 5.41) is 0. The minimum absolute atomic E-state index is 0.240. The number of morpholine rings is 1. The van der Waals surface area contributed by atoms with Crippen molar-refractivity contribution in [1.82, 2.24) is 9.47 Å². The van der Waals surface area contributed by atoms with E-state index in [-0.39, 0.29) is 12.4 Å². The molecule has 0 aliphatic carbocycles. The molecular formula is C25H36N4O4. The van der Waals surface area contributed by atoms with Gasteiger partial charge in [-0.15, -0.1) is 0 Å². The van der Waals surface area contributed by atoms with E-state index in [4.69, 9.17) is 15.2 Å². The van der Waals surface area contributed by atoms with E-state index < -0.39 is 5.91 Å². The number of ether oxygens (including phenoxy) is 2. The maximum absolute atomic E-state index is 12.6. The summed E-state index contributed by atoms with van der Waals surface area (Å²) in [4.78, 5) is 28.9. The molecule has 1 aromatic carbocycles. The number of esters is 1. The van der Waals surface area contributed by atoms with Crippen molar-refractivity contribution in [3.05, 3.63) is 41.2 Å². The minimum atomic E-state index is -0.453. The molecule has 1 amide bonds. The lowest BCUT2D eigenvalue weighted by Gasteiger charge is -2.26. The van der Waals surface area contributed by atoms with Gasteiger partial charge < -0.3 is 24.7 Å². The Balaban J connectivity index is 1.98. The van der Waals surface area contributed by atoms with Crippen LogP contribution in [0.4, 0.5) is 5.69 Å². The van der Waals surface area contributed by atoms with Crippen molar-refractivity contribution in [2.75, 3.05) is 59.0 Å². The van der Waals surface area contributed by atoms with Crippen LogP contribution in [0.2, 0.25) is 0 Å². The molecule has 8 heteroatoms. The van der Waals surface area contributed by atoms with Crippen LogP contribution in [-0.2, 0) is 27.2 Å². The van der Waals surface area contributed by atoms with Crippen LogP contribution in [0.3, 0.4) is 0 Å². The van der Waals surface area contributed by atoms with Gasteiger partial charge in [0.2, 0.25) is 0 Å². The van der Waals surface area contributed by atoms with Gasteiger partial charge in [-0.05, 0) is 37.5 Å². The molecule has 2 heterocycles. The lowest BCUT2D eigenvalue weighted by Crippen LogP contribution is -2.37. The van der Waals surface area contributed by atoms with Crippen LogP contribution in [0.1, 0.15) is 34.6 Å². The van der Waals surface area contributed by atoms with E-state index >= 15 is 0 Å². The van der Waals surface area contributed by atoms with Gasteiger partial charge in [-0.25, -0.2) is 0 Å². The molecule has 1 aliphatic heterocycles. The number of hydrogen-bond donors (Lipinski definition) is 1. The maximum atomic E-state index is 12.6. The van der Waals surface area contributed by atoms with Crippen molar-refractivity contribution in [3.63, 3.8) is 0 Å². The van der Waals surface area contributed by atoms with Crippen LogP contribution in [0.15, 0.2) is 24.3 Å². The monoisotopic (exact) mass is 456 g/mol. The van der Waals surface area contributed by atoms with E-state index in [0.717, 1.165) is 74.0 Å². The van der Waals surface area contributed by atoms with Crippen molar-refractivity contribution in [2.45, 2.75) is 32.7 Å². The van der Waals surface area contributed by atoms with Crippen molar-refractivity contribution in [1.29, 1.82) is 0 Å². The molecule has 1 fully saturated rings. The normalized spacial score (nSPS) is 14.3. The minimum Gasteiger partial charge on any atom is -0.469 e. The maximum Gasteiger partial charge on any atom is 0.305 e. The zero-order valence-corrected chi connectivity index (χ0v) is 20.2. The number of anilines is 1. The van der Waals surface area contributed by atoms with Gasteiger partial charge >= 0.3 is 5.97 Å². The predicted octanol–water partition coefficient (Wildman–Crippen LogP) is 2.46. The van der Waals surface area contributed by atoms with Crippen LogP contribution in [0.5, 0.6) is 0 Å². The number of hydrogen-bond acceptors (Lipinski definition) is 6. The summed E-state index contributed by atoms with van der Waals surface area (Å²) in [6.45, 7) is 7.06. The van der Waals surface area contributed by atoms with E-state index in [1.807, 2.05) is 50.2 Å². The number of nitrogens with two attached hydrogens (primary N) is 1. The van der Waals surface area contributed by atoms with Crippen LogP contribution in [0, 0.1) is 6.92 Å². The third-order valence-corrected chi connectivity index (χ3v) is 6.30. The number of carbonyl (C=O) groups excluding carboxylic acids is 2. The molecule has 1 saturated heterocycles. The fourth-order valence-electron chi connectivity index (χ4n) is 4.50. The highest BCUT2D eigenvalue weighted by atomic mass is 16.5. The van der Waals surface area contributed by atoms with Gasteiger partial charge in [0.25, 0.3) is 5.91 Å². The largest absolute Gasteiger partial charge is 0.469 e. The van der Waals surface area contributed by atoms with Crippen LogP contribution >= 0.6 is 0 Å². The summed E-state index contributed by atoms with van der Waals surface area (Å²) >= 11 is 0. The number of primary amides is 1. The Bertz CT molecular complexity index is 960. The highest BCUT2D eigenvalue weighted by molar-refractivity contribution is 6.02. The van der Waals surface area contributed by atoms with Gasteiger partial charge in [-0.3, -0.25) is 14.5 Å². The van der Waals surface area contributed by atoms with Gasteiger partial charge in [0.1, 0.15) is 0 Å². The number of amides is 1. The average Bonchev–Trinajstić information content (AvgIpc) is 3.09. The summed E-state index contributed by atoms with van der Waals surface area (Å²) in [5.41, 5.74) is 11.0. The predicted molar refractivity (Wildman–Crippen MR) is 130 cm³/mol. The Morgan fingerprint density at radius 2 is 1.79 bits per heavy atom. The lowest BCUT2D eigenvalue weighted by molar-refractivity contribution is -0.140. The second-order valence-corrected chi connectivity index (χ2v) is 8.62. The molecule has 2 aromatic rings. The fourth-order valence-corrected chi connectivity index (χ4v) is 4.50. The Hall–Kier alpha value is -2.84. The van der Waals surface area contributed by atoms with Gasteiger partial charge in [-0.2, -0.15) is 0 Å². The highest BCUT2D eigenvalue weighted by Gasteiger charge is 2.25. The molecular weight excluding hydrogens is 420 g/mol. The molecule has 180 valence electrons. The van der Waals surface area contributed by atoms with Gasteiger partial charge in [0.05, 0.1) is 32.3 Å². The van der Waals surface area contributed by atoms with Crippen LogP contribution in [-0.4, -0.2) is 75.4 Å². The zero-order chi connectivity index (χ0) is 24.0. The molecule has 0 radical (unpaired) electrons. The average molecular weight is 457 g/mol. The van der Waals surface area contributed by atoms with Gasteiger partial charge in [0.15, 0.2) is 0 Å². The van der Waals surface area contributed by atoms with Crippen LogP contribution in [0.25, 0.3) is 11.1 Å². The molecule has 3 rings (SSSR count). The fraction of sp³-hybridized carbons (Fsp3) is 0.520. The van der Waals surface area contributed by atoms with E-state index in [9.17, 15) is 9.59 Å². The number of methoxy groups -OCH3 is 1. The van der Waals surface area contributed by atoms with Crippen molar-refractivity contribution in [3.8, 4) is 11.1 Å². The van der Waals surface area contributed by atoms with Crippen molar-refractivity contribution < 1.29 is 19.1 Å². The van der Waals surface area contributed by atoms with E-state index in [1.165, 1.54) is 7.11 Å². The third kappa shape index (κ3) is 5.94. The van der Waals surface area contributed by atoms with E-state index in [2.05, 4.69) is 9.47 Å². The summed E-state index contributed by atoms with van der Waals surface area (Å²) in [6.07, 6.45) is 1.64. The summed E-state index contributed by atoms with van der Waals surface area (Å²) in [7, 11) is 5.37. The first-order chi connectivity index (χ1) is 15.8. The number of aromatic nitrogens is 1. The molecule has 33 heavy (non-hydrogen) atoms. The summed E-state index contributed by atoms with van der Waals surface area (Å²) in [5.74, 6) is -0.728. The molecule has 0 bridgehead atoms. The SMILES string of the molecule is COC(=O)CCc1c(-c2ccc(N(C)C)cc2)c(C(N)=O)c(C)n1CCCN1CCOCC1. The molecule has 0 atom stereocenters. The number of benzene rings is 1. The summed E-state index contributed by atoms with van der Waals surface area (Å²) in [6, 6.07) is 8.07. The molecule has 0 saturated carbocycles. The topological polar surface area (TPSA) is 90.0 Å². The van der Waals surface area contributed by atoms with E-state index in [0.29, 0.717) is 12.0 Å². The third-order valence-electron chi connectivity index (χ3n) is 6.30. The van der Waals surface area contributed by atoms with Crippen molar-refractivity contribution >= 4 is 17.6 Å².